The predicted molar refractivity (Wildman–Crippen MR) is 144 cm³/mol. The highest BCUT2D eigenvalue weighted by atomic mass is 16.5. The summed E-state index contributed by atoms with van der Waals surface area (Å²) >= 11 is 0. The van der Waals surface area contributed by atoms with Gasteiger partial charge in [0, 0.05) is 6.42 Å². The van der Waals surface area contributed by atoms with E-state index in [9.17, 15) is 9.59 Å². The molecule has 0 spiro atoms. The van der Waals surface area contributed by atoms with Gasteiger partial charge in [0.1, 0.15) is 6.10 Å². The molecule has 0 aliphatic rings. The number of aliphatic carboxylic acids is 1. The van der Waals surface area contributed by atoms with E-state index in [0.717, 1.165) is 37.5 Å². The van der Waals surface area contributed by atoms with Gasteiger partial charge in [0.05, 0.1) is 6.42 Å². The lowest BCUT2D eigenvalue weighted by atomic mass is 9.99. The zero-order chi connectivity index (χ0) is 25.4. The first-order valence-corrected chi connectivity index (χ1v) is 14.8. The maximum absolute atomic E-state index is 12.2. The minimum atomic E-state index is -0.882. The van der Waals surface area contributed by atoms with Crippen LogP contribution in [-0.4, -0.2) is 23.1 Å². The summed E-state index contributed by atoms with van der Waals surface area (Å²) in [4.78, 5) is 23.4. The Bertz CT molecular complexity index is 476. The molecule has 0 saturated carbocycles. The molecule has 0 heterocycles. The van der Waals surface area contributed by atoms with Crippen LogP contribution in [-0.2, 0) is 14.3 Å². The van der Waals surface area contributed by atoms with Crippen molar-refractivity contribution in [1.29, 1.82) is 0 Å². The molecule has 1 N–H and O–H groups in total. The quantitative estimate of drug-likeness (QED) is 0.104. The molecule has 0 aliphatic carbocycles. The van der Waals surface area contributed by atoms with Crippen molar-refractivity contribution in [3.63, 3.8) is 0 Å². The lowest BCUT2D eigenvalue weighted by Gasteiger charge is -2.16. The molecule has 0 radical (unpaired) electrons. The third kappa shape index (κ3) is 22.7. The molecule has 3 atom stereocenters. The molecule has 4 nitrogen and oxygen atoms in total. The molecule has 34 heavy (non-hydrogen) atoms. The fraction of sp³-hybridized carbons (Fsp3) is 0.933. The lowest BCUT2D eigenvalue weighted by Crippen LogP contribution is -2.21. The van der Waals surface area contributed by atoms with Crippen LogP contribution in [0.25, 0.3) is 0 Å². The van der Waals surface area contributed by atoms with Gasteiger partial charge in [0.25, 0.3) is 0 Å². The fourth-order valence-electron chi connectivity index (χ4n) is 4.45. The number of carboxylic acid groups (broad SMARTS) is 1. The second-order valence-electron chi connectivity index (χ2n) is 10.8. The molecule has 0 bridgehead atoms. The van der Waals surface area contributed by atoms with Crippen LogP contribution >= 0.6 is 0 Å². The Kier molecular flexibility index (Phi) is 22.9. The minimum Gasteiger partial charge on any atom is -0.481 e. The number of carboxylic acids is 1. The lowest BCUT2D eigenvalue weighted by molar-refractivity contribution is -0.153. The summed E-state index contributed by atoms with van der Waals surface area (Å²) in [5.41, 5.74) is 0. The van der Waals surface area contributed by atoms with Gasteiger partial charge in [-0.15, -0.1) is 0 Å². The van der Waals surface area contributed by atoms with Crippen molar-refractivity contribution in [2.45, 2.75) is 169 Å². The molecule has 2 unspecified atom stereocenters. The van der Waals surface area contributed by atoms with E-state index in [1.807, 2.05) is 0 Å². The number of ether oxygens (including phenoxy) is 1. The second kappa shape index (κ2) is 23.7. The van der Waals surface area contributed by atoms with E-state index in [0.29, 0.717) is 12.8 Å². The summed E-state index contributed by atoms with van der Waals surface area (Å²) in [6, 6.07) is 0. The van der Waals surface area contributed by atoms with Crippen molar-refractivity contribution in [2.24, 2.45) is 11.8 Å². The van der Waals surface area contributed by atoms with Gasteiger partial charge in [-0.3, -0.25) is 9.59 Å². The van der Waals surface area contributed by atoms with Gasteiger partial charge in [-0.2, -0.15) is 0 Å². The van der Waals surface area contributed by atoms with Gasteiger partial charge in [-0.05, 0) is 31.1 Å². The molecule has 0 saturated heterocycles. The maximum Gasteiger partial charge on any atom is 0.307 e. The second-order valence-corrected chi connectivity index (χ2v) is 10.8. The Balaban J connectivity index is 3.76. The number of esters is 1. The van der Waals surface area contributed by atoms with Crippen molar-refractivity contribution >= 4 is 11.9 Å². The highest BCUT2D eigenvalue weighted by molar-refractivity contribution is 5.71. The SMILES string of the molecule is CCC(C)CCCCCCCCCCC(=O)O[C@H](CCCCCCCCC(C)CC)CC(=O)O. The highest BCUT2D eigenvalue weighted by Crippen LogP contribution is 2.18. The molecule has 0 aromatic heterocycles. The Morgan fingerprint density at radius 2 is 1.00 bits per heavy atom. The topological polar surface area (TPSA) is 63.6 Å². The van der Waals surface area contributed by atoms with Gasteiger partial charge in [-0.1, -0.05) is 130 Å². The largest absolute Gasteiger partial charge is 0.481 e. The molecule has 0 fully saturated rings. The normalized spacial score (nSPS) is 14.0. The van der Waals surface area contributed by atoms with Crippen molar-refractivity contribution in [3.05, 3.63) is 0 Å². The summed E-state index contributed by atoms with van der Waals surface area (Å²) in [6.07, 6.45) is 22.5. The third-order valence-corrected chi connectivity index (χ3v) is 7.40. The van der Waals surface area contributed by atoms with E-state index in [2.05, 4.69) is 27.7 Å². The number of carbonyl (C=O) groups is 2. The average molecular weight is 483 g/mol. The van der Waals surface area contributed by atoms with Crippen LogP contribution in [0.3, 0.4) is 0 Å². The van der Waals surface area contributed by atoms with Gasteiger partial charge in [0.2, 0.25) is 0 Å². The highest BCUT2D eigenvalue weighted by Gasteiger charge is 2.17. The number of carbonyl (C=O) groups excluding carboxylic acids is 1. The number of rotatable bonds is 25. The van der Waals surface area contributed by atoms with Crippen molar-refractivity contribution in [2.75, 3.05) is 0 Å². The summed E-state index contributed by atoms with van der Waals surface area (Å²) in [5, 5.41) is 9.16. The predicted octanol–water partition coefficient (Wildman–Crippen LogP) is 9.49. The minimum absolute atomic E-state index is 0.0717. The van der Waals surface area contributed by atoms with E-state index < -0.39 is 12.1 Å². The summed E-state index contributed by atoms with van der Waals surface area (Å²) in [6.45, 7) is 9.18. The molecule has 0 amide bonds. The van der Waals surface area contributed by atoms with Crippen LogP contribution in [0.5, 0.6) is 0 Å². The number of unbranched alkanes of at least 4 members (excludes halogenated alkanes) is 12. The van der Waals surface area contributed by atoms with E-state index in [-0.39, 0.29) is 12.4 Å². The molecule has 0 rings (SSSR count). The van der Waals surface area contributed by atoms with Gasteiger partial charge < -0.3 is 9.84 Å². The van der Waals surface area contributed by atoms with Crippen LogP contribution in [0.4, 0.5) is 0 Å². The first-order chi connectivity index (χ1) is 16.4. The molecule has 0 aromatic rings. The smallest absolute Gasteiger partial charge is 0.307 e. The third-order valence-electron chi connectivity index (χ3n) is 7.40. The Morgan fingerprint density at radius 1 is 0.618 bits per heavy atom. The van der Waals surface area contributed by atoms with Crippen molar-refractivity contribution < 1.29 is 19.4 Å². The number of hydrogen-bond acceptors (Lipinski definition) is 3. The Morgan fingerprint density at radius 3 is 1.41 bits per heavy atom. The van der Waals surface area contributed by atoms with E-state index in [1.165, 1.54) is 89.9 Å². The van der Waals surface area contributed by atoms with Crippen LogP contribution < -0.4 is 0 Å². The molecule has 0 aliphatic heterocycles. The van der Waals surface area contributed by atoms with Crippen LogP contribution in [0.2, 0.25) is 0 Å². The summed E-state index contributed by atoms with van der Waals surface area (Å²) in [7, 11) is 0. The molecular formula is C30H58O4. The monoisotopic (exact) mass is 482 g/mol. The van der Waals surface area contributed by atoms with Gasteiger partial charge >= 0.3 is 11.9 Å². The molecule has 0 aromatic carbocycles. The average Bonchev–Trinajstić information content (AvgIpc) is 2.80. The fourth-order valence-corrected chi connectivity index (χ4v) is 4.45. The summed E-state index contributed by atoms with van der Waals surface area (Å²) in [5.74, 6) is 0.595. The zero-order valence-electron chi connectivity index (χ0n) is 23.3. The first kappa shape index (κ1) is 32.9. The summed E-state index contributed by atoms with van der Waals surface area (Å²) < 4.78 is 5.53. The standard InChI is InChI=1S/C30H58O4/c1-5-26(3)21-17-13-9-7-8-10-16-20-24-30(33)34-28(25-29(31)32)23-19-15-12-11-14-18-22-27(4)6-2/h26-28H,5-25H2,1-4H3,(H,31,32)/t26?,27?,28-/m1/s1. The Hall–Kier alpha value is -1.06. The first-order valence-electron chi connectivity index (χ1n) is 14.8. The van der Waals surface area contributed by atoms with E-state index in [1.54, 1.807) is 0 Å². The van der Waals surface area contributed by atoms with Crippen molar-refractivity contribution in [1.82, 2.24) is 0 Å². The molecule has 202 valence electrons. The van der Waals surface area contributed by atoms with Crippen LogP contribution in [0.15, 0.2) is 0 Å². The van der Waals surface area contributed by atoms with Crippen molar-refractivity contribution in [3.8, 4) is 0 Å². The maximum atomic E-state index is 12.2. The van der Waals surface area contributed by atoms with Gasteiger partial charge in [0.15, 0.2) is 0 Å². The zero-order valence-corrected chi connectivity index (χ0v) is 23.3. The molecular weight excluding hydrogens is 424 g/mol. The Labute approximate surface area is 212 Å². The number of hydrogen-bond donors (Lipinski definition) is 1. The van der Waals surface area contributed by atoms with Crippen LogP contribution in [0, 0.1) is 11.8 Å². The molecule has 4 heteroatoms. The van der Waals surface area contributed by atoms with Crippen LogP contribution in [0.1, 0.15) is 163 Å². The van der Waals surface area contributed by atoms with E-state index >= 15 is 0 Å². The van der Waals surface area contributed by atoms with Gasteiger partial charge in [-0.25, -0.2) is 0 Å². The van der Waals surface area contributed by atoms with E-state index in [4.69, 9.17) is 9.84 Å².